The van der Waals surface area contributed by atoms with Crippen molar-refractivity contribution in [1.82, 2.24) is 15.1 Å². The zero-order valence-electron chi connectivity index (χ0n) is 14.7. The lowest BCUT2D eigenvalue weighted by molar-refractivity contribution is -0.133. The standard InChI is InChI=1S/C20H27N3O2/c24-19(16-6-7-16)22-12-9-18(10-13-22)21-20(25)23-11-8-17(14-23)15-4-2-1-3-5-15/h1-5,16-18H,6-14H2,(H,21,25)/t17-/m0/s1. The Morgan fingerprint density at radius 3 is 2.24 bits per heavy atom. The zero-order chi connectivity index (χ0) is 17.2. The van der Waals surface area contributed by atoms with Gasteiger partial charge in [0, 0.05) is 44.1 Å². The van der Waals surface area contributed by atoms with E-state index in [0.29, 0.717) is 17.7 Å². The van der Waals surface area contributed by atoms with Gasteiger partial charge in [-0.25, -0.2) is 4.79 Å². The van der Waals surface area contributed by atoms with E-state index in [1.807, 2.05) is 15.9 Å². The van der Waals surface area contributed by atoms with Crippen molar-refractivity contribution in [2.45, 2.75) is 44.1 Å². The molecule has 2 aliphatic heterocycles. The van der Waals surface area contributed by atoms with Crippen molar-refractivity contribution in [3.8, 4) is 0 Å². The second-order valence-electron chi connectivity index (χ2n) is 7.67. The zero-order valence-corrected chi connectivity index (χ0v) is 14.7. The van der Waals surface area contributed by atoms with Gasteiger partial charge in [0.15, 0.2) is 0 Å². The number of rotatable bonds is 3. The Kier molecular flexibility index (Phi) is 4.64. The molecule has 25 heavy (non-hydrogen) atoms. The molecular formula is C20H27N3O2. The molecule has 1 aliphatic carbocycles. The van der Waals surface area contributed by atoms with E-state index in [4.69, 9.17) is 0 Å². The van der Waals surface area contributed by atoms with Gasteiger partial charge in [0.05, 0.1) is 0 Å². The molecule has 0 unspecified atom stereocenters. The summed E-state index contributed by atoms with van der Waals surface area (Å²) >= 11 is 0. The summed E-state index contributed by atoms with van der Waals surface area (Å²) in [5, 5.41) is 3.19. The van der Waals surface area contributed by atoms with E-state index in [1.165, 1.54) is 5.56 Å². The number of benzene rings is 1. The lowest BCUT2D eigenvalue weighted by Gasteiger charge is -2.33. The van der Waals surface area contributed by atoms with Gasteiger partial charge in [-0.1, -0.05) is 30.3 Å². The van der Waals surface area contributed by atoms with Crippen LogP contribution in [-0.2, 0) is 4.79 Å². The average molecular weight is 341 g/mol. The molecule has 3 amide bonds. The van der Waals surface area contributed by atoms with Crippen molar-refractivity contribution < 1.29 is 9.59 Å². The summed E-state index contributed by atoms with van der Waals surface area (Å²) in [5.74, 6) is 1.07. The van der Waals surface area contributed by atoms with Gasteiger partial charge in [-0.15, -0.1) is 0 Å². The number of nitrogens with zero attached hydrogens (tertiary/aromatic N) is 2. The van der Waals surface area contributed by atoms with Gasteiger partial charge >= 0.3 is 6.03 Å². The first-order valence-electron chi connectivity index (χ1n) is 9.60. The van der Waals surface area contributed by atoms with Crippen LogP contribution in [-0.4, -0.2) is 54.0 Å². The van der Waals surface area contributed by atoms with Crippen LogP contribution in [0.3, 0.4) is 0 Å². The molecule has 2 heterocycles. The third kappa shape index (κ3) is 3.80. The van der Waals surface area contributed by atoms with E-state index in [2.05, 4.69) is 29.6 Å². The Bertz CT molecular complexity index is 621. The maximum absolute atomic E-state index is 12.6. The molecule has 4 rings (SSSR count). The molecule has 1 atom stereocenters. The highest BCUT2D eigenvalue weighted by molar-refractivity contribution is 5.81. The first kappa shape index (κ1) is 16.4. The molecule has 3 fully saturated rings. The van der Waals surface area contributed by atoms with Crippen molar-refractivity contribution in [2.75, 3.05) is 26.2 Å². The molecule has 0 radical (unpaired) electrons. The number of amides is 3. The van der Waals surface area contributed by atoms with Crippen LogP contribution in [0.25, 0.3) is 0 Å². The van der Waals surface area contributed by atoms with E-state index in [1.54, 1.807) is 0 Å². The van der Waals surface area contributed by atoms with Crippen molar-refractivity contribution in [3.63, 3.8) is 0 Å². The molecule has 134 valence electrons. The largest absolute Gasteiger partial charge is 0.342 e. The van der Waals surface area contributed by atoms with Crippen LogP contribution < -0.4 is 5.32 Å². The molecule has 0 aromatic heterocycles. The lowest BCUT2D eigenvalue weighted by atomic mass is 9.99. The van der Waals surface area contributed by atoms with Gasteiger partial charge in [0.2, 0.25) is 5.91 Å². The average Bonchev–Trinajstić information content (AvgIpc) is 3.38. The first-order chi connectivity index (χ1) is 12.2. The third-order valence-electron chi connectivity index (χ3n) is 5.81. The van der Waals surface area contributed by atoms with Crippen LogP contribution in [0.5, 0.6) is 0 Å². The smallest absolute Gasteiger partial charge is 0.317 e. The van der Waals surface area contributed by atoms with Crippen LogP contribution in [0.4, 0.5) is 4.79 Å². The predicted octanol–water partition coefficient (Wildman–Crippen LogP) is 2.59. The highest BCUT2D eigenvalue weighted by Gasteiger charge is 2.35. The number of carbonyl (C=O) groups excluding carboxylic acids is 2. The Hall–Kier alpha value is -2.04. The highest BCUT2D eigenvalue weighted by atomic mass is 16.2. The van der Waals surface area contributed by atoms with E-state index in [0.717, 1.165) is 58.3 Å². The molecule has 1 saturated carbocycles. The quantitative estimate of drug-likeness (QED) is 0.919. The van der Waals surface area contributed by atoms with Gasteiger partial charge in [-0.2, -0.15) is 0 Å². The summed E-state index contributed by atoms with van der Waals surface area (Å²) in [6.45, 7) is 3.19. The second kappa shape index (κ2) is 7.06. The Morgan fingerprint density at radius 2 is 1.56 bits per heavy atom. The van der Waals surface area contributed by atoms with E-state index < -0.39 is 0 Å². The fourth-order valence-electron chi connectivity index (χ4n) is 4.04. The second-order valence-corrected chi connectivity index (χ2v) is 7.67. The Labute approximate surface area is 149 Å². The summed E-state index contributed by atoms with van der Waals surface area (Å²) in [6, 6.07) is 10.7. The van der Waals surface area contributed by atoms with Crippen LogP contribution in [0, 0.1) is 5.92 Å². The van der Waals surface area contributed by atoms with Crippen molar-refractivity contribution in [1.29, 1.82) is 0 Å². The lowest BCUT2D eigenvalue weighted by Crippen LogP contribution is -2.50. The van der Waals surface area contributed by atoms with Gasteiger partial charge in [-0.05, 0) is 37.7 Å². The van der Waals surface area contributed by atoms with E-state index in [9.17, 15) is 9.59 Å². The minimum absolute atomic E-state index is 0.0606. The topological polar surface area (TPSA) is 52.7 Å². The van der Waals surface area contributed by atoms with Gasteiger partial charge in [0.1, 0.15) is 0 Å². The van der Waals surface area contributed by atoms with Gasteiger partial charge in [-0.3, -0.25) is 4.79 Å². The molecule has 3 aliphatic rings. The minimum atomic E-state index is 0.0606. The molecular weight excluding hydrogens is 314 g/mol. The number of piperidine rings is 1. The number of hydrogen-bond donors (Lipinski definition) is 1. The van der Waals surface area contributed by atoms with E-state index in [-0.39, 0.29) is 12.1 Å². The first-order valence-corrected chi connectivity index (χ1v) is 9.60. The fourth-order valence-corrected chi connectivity index (χ4v) is 4.04. The van der Waals surface area contributed by atoms with Crippen molar-refractivity contribution in [3.05, 3.63) is 35.9 Å². The summed E-state index contributed by atoms with van der Waals surface area (Å²) in [5.41, 5.74) is 1.32. The van der Waals surface area contributed by atoms with Gasteiger partial charge in [0.25, 0.3) is 0 Å². The predicted molar refractivity (Wildman–Crippen MR) is 96.2 cm³/mol. The van der Waals surface area contributed by atoms with Crippen LogP contribution in [0.1, 0.15) is 43.6 Å². The monoisotopic (exact) mass is 341 g/mol. The molecule has 1 N–H and O–H groups in total. The summed E-state index contributed by atoms with van der Waals surface area (Å²) in [6.07, 6.45) is 4.91. The maximum atomic E-state index is 12.6. The summed E-state index contributed by atoms with van der Waals surface area (Å²) < 4.78 is 0. The van der Waals surface area contributed by atoms with Crippen LogP contribution in [0.15, 0.2) is 30.3 Å². The maximum Gasteiger partial charge on any atom is 0.317 e. The number of carbonyl (C=O) groups is 2. The van der Waals surface area contributed by atoms with Crippen molar-refractivity contribution in [2.24, 2.45) is 5.92 Å². The number of likely N-dealkylation sites (tertiary alicyclic amines) is 2. The molecule has 1 aromatic rings. The van der Waals surface area contributed by atoms with E-state index >= 15 is 0 Å². The normalized spacial score (nSPS) is 24.4. The fraction of sp³-hybridized carbons (Fsp3) is 0.600. The SMILES string of the molecule is O=C(NC1CCN(C(=O)C2CC2)CC1)N1CC[C@H](c2ccccc2)C1. The molecule has 0 bridgehead atoms. The van der Waals surface area contributed by atoms with Crippen LogP contribution in [0.2, 0.25) is 0 Å². The highest BCUT2D eigenvalue weighted by Crippen LogP contribution is 2.32. The molecule has 5 nitrogen and oxygen atoms in total. The molecule has 5 heteroatoms. The van der Waals surface area contributed by atoms with Crippen molar-refractivity contribution >= 4 is 11.9 Å². The Morgan fingerprint density at radius 1 is 0.880 bits per heavy atom. The third-order valence-corrected chi connectivity index (χ3v) is 5.81. The number of nitrogens with one attached hydrogen (secondary N) is 1. The number of urea groups is 1. The van der Waals surface area contributed by atoms with Gasteiger partial charge < -0.3 is 15.1 Å². The molecule has 2 saturated heterocycles. The molecule has 1 aromatic carbocycles. The van der Waals surface area contributed by atoms with Crippen LogP contribution >= 0.6 is 0 Å². The Balaban J connectivity index is 1.24. The molecule has 0 spiro atoms. The summed E-state index contributed by atoms with van der Waals surface area (Å²) in [4.78, 5) is 28.6. The summed E-state index contributed by atoms with van der Waals surface area (Å²) in [7, 11) is 0. The number of hydrogen-bond acceptors (Lipinski definition) is 2. The minimum Gasteiger partial charge on any atom is -0.342 e.